The van der Waals surface area contributed by atoms with E-state index in [1.165, 1.54) is 40.6 Å². The maximum Gasteiger partial charge on any atom is 0.474 e. The number of nitrogens with zero attached hydrogens (tertiary/aromatic N) is 1. The van der Waals surface area contributed by atoms with Crippen molar-refractivity contribution in [2.45, 2.75) is 20.5 Å². The topological polar surface area (TPSA) is 162 Å². The molecule has 1 amide bonds. The number of amides is 1. The molecule has 0 atom stereocenters. The van der Waals surface area contributed by atoms with Gasteiger partial charge in [-0.05, 0) is 6.07 Å². The van der Waals surface area contributed by atoms with Gasteiger partial charge in [-0.2, -0.15) is 0 Å². The van der Waals surface area contributed by atoms with Crippen molar-refractivity contribution in [2.24, 2.45) is 5.41 Å². The Morgan fingerprint density at radius 3 is 2.24 bits per heavy atom. The van der Waals surface area contributed by atoms with E-state index in [2.05, 4.69) is 14.4 Å². The Morgan fingerprint density at radius 2 is 1.71 bits per heavy atom. The number of hydrogen-bond acceptors (Lipinski definition) is 12. The number of nitrogens with one attached hydrogen (secondary N) is 1. The highest BCUT2D eigenvalue weighted by molar-refractivity contribution is 8.13. The van der Waals surface area contributed by atoms with Crippen molar-refractivity contribution >= 4 is 36.5 Å². The fourth-order valence-electron chi connectivity index (χ4n) is 2.41. The number of hydrogen-bond donors (Lipinski definition) is 1. The second-order valence-electron chi connectivity index (χ2n) is 7.19. The fourth-order valence-corrected chi connectivity index (χ4v) is 4.03. The molecule has 0 saturated heterocycles. The largest absolute Gasteiger partial charge is 0.493 e. The molecule has 0 radical (unpaired) electrons. The normalized spacial score (nSPS) is 11.6. The average Bonchev–Trinajstić information content (AvgIpc) is 2.82. The minimum absolute atomic E-state index is 0.0506. The minimum atomic E-state index is -3.62. The Kier molecular flexibility index (Phi) is 11.8. The molecule has 15 heteroatoms. The van der Waals surface area contributed by atoms with E-state index in [4.69, 9.17) is 18.7 Å². The van der Waals surface area contributed by atoms with E-state index in [-0.39, 0.29) is 46.8 Å². The van der Waals surface area contributed by atoms with Gasteiger partial charge in [-0.3, -0.25) is 28.5 Å². The van der Waals surface area contributed by atoms with Crippen molar-refractivity contribution in [3.05, 3.63) is 27.8 Å². The van der Waals surface area contributed by atoms with Gasteiger partial charge in [-0.25, -0.2) is 9.36 Å². The predicted octanol–water partition coefficient (Wildman–Crippen LogP) is 3.54. The molecule has 0 fully saturated rings. The summed E-state index contributed by atoms with van der Waals surface area (Å²) in [5.74, 6) is 0.594. The number of rotatable bonds is 14. The molecule has 1 rings (SSSR count). The summed E-state index contributed by atoms with van der Waals surface area (Å²) in [4.78, 5) is 35.3. The highest BCUT2D eigenvalue weighted by atomic mass is 32.2. The summed E-state index contributed by atoms with van der Waals surface area (Å²) in [6.07, 6.45) is -0.862. The molecule has 192 valence electrons. The van der Waals surface area contributed by atoms with E-state index in [1.807, 2.05) is 0 Å². The molecule has 0 aliphatic rings. The van der Waals surface area contributed by atoms with Crippen molar-refractivity contribution in [3.8, 4) is 11.5 Å². The molecule has 0 heterocycles. The van der Waals surface area contributed by atoms with Crippen molar-refractivity contribution in [2.75, 3.05) is 47.3 Å². The first-order valence-electron chi connectivity index (χ1n) is 9.76. The third-order valence-electron chi connectivity index (χ3n) is 4.38. The zero-order valence-electron chi connectivity index (χ0n) is 19.8. The highest BCUT2D eigenvalue weighted by Crippen LogP contribution is 2.47. The number of phosphoric ester groups is 1. The van der Waals surface area contributed by atoms with Gasteiger partial charge in [-0.1, -0.05) is 25.6 Å². The Bertz CT molecular complexity index is 918. The van der Waals surface area contributed by atoms with Crippen LogP contribution in [0.2, 0.25) is 0 Å². The second-order valence-corrected chi connectivity index (χ2v) is 10.1. The molecule has 0 unspecified atom stereocenters. The van der Waals surface area contributed by atoms with Gasteiger partial charge < -0.3 is 19.5 Å². The number of nitro groups is 1. The van der Waals surface area contributed by atoms with Crippen LogP contribution in [0.4, 0.5) is 10.5 Å². The van der Waals surface area contributed by atoms with E-state index in [9.17, 15) is 24.3 Å². The standard InChI is InChI=1S/C19H29N2O11PS/c1-19(2,17(22)34-8-7-32-33(26,29-5)30-6)12-20-18(23)31-11-13-9-15(27-3)16(28-4)10-14(13)21(24)25/h9-10H,7-8,11-12H2,1-6H3,(H,20,23). The van der Waals surface area contributed by atoms with Crippen molar-refractivity contribution in [1.82, 2.24) is 5.32 Å². The van der Waals surface area contributed by atoms with E-state index in [0.29, 0.717) is 0 Å². The highest BCUT2D eigenvalue weighted by Gasteiger charge is 2.30. The maximum atomic E-state index is 12.5. The van der Waals surface area contributed by atoms with Crippen LogP contribution in [-0.4, -0.2) is 63.5 Å². The SMILES string of the molecule is COc1cc(COC(=O)NCC(C)(C)C(=O)SCCOP(=O)(OC)OC)c([N+](=O)[O-])cc1OC. The summed E-state index contributed by atoms with van der Waals surface area (Å²) in [5.41, 5.74) is -1.16. The van der Waals surface area contributed by atoms with E-state index in [1.54, 1.807) is 13.8 Å². The van der Waals surface area contributed by atoms with E-state index < -0.39 is 30.9 Å². The molecular weight excluding hydrogens is 495 g/mol. The van der Waals surface area contributed by atoms with Crippen LogP contribution in [0.15, 0.2) is 12.1 Å². The monoisotopic (exact) mass is 524 g/mol. The number of benzene rings is 1. The first-order valence-corrected chi connectivity index (χ1v) is 12.2. The summed E-state index contributed by atoms with van der Waals surface area (Å²) >= 11 is 0.931. The first kappa shape index (κ1) is 29.7. The molecule has 0 saturated carbocycles. The van der Waals surface area contributed by atoms with Gasteiger partial charge >= 0.3 is 13.9 Å². The molecule has 0 bridgehead atoms. The number of phosphoric acid groups is 1. The number of ether oxygens (including phenoxy) is 3. The predicted molar refractivity (Wildman–Crippen MR) is 123 cm³/mol. The number of alkyl carbamates (subject to hydrolysis) is 1. The molecule has 34 heavy (non-hydrogen) atoms. The lowest BCUT2D eigenvalue weighted by molar-refractivity contribution is -0.385. The van der Waals surface area contributed by atoms with Crippen LogP contribution >= 0.6 is 19.6 Å². The van der Waals surface area contributed by atoms with E-state index in [0.717, 1.165) is 11.8 Å². The molecule has 0 aliphatic carbocycles. The zero-order valence-corrected chi connectivity index (χ0v) is 21.5. The van der Waals surface area contributed by atoms with Crippen LogP contribution in [0, 0.1) is 15.5 Å². The number of thioether (sulfide) groups is 1. The molecule has 1 aromatic carbocycles. The Hall–Kier alpha value is -2.38. The van der Waals surface area contributed by atoms with Crippen LogP contribution in [0.25, 0.3) is 0 Å². The van der Waals surface area contributed by atoms with Crippen LogP contribution in [-0.2, 0) is 34.3 Å². The van der Waals surface area contributed by atoms with Gasteiger partial charge in [0.05, 0.1) is 42.8 Å². The lowest BCUT2D eigenvalue weighted by atomic mass is 9.96. The Labute approximate surface area is 201 Å². The molecular formula is C19H29N2O11PS. The van der Waals surface area contributed by atoms with Crippen molar-refractivity contribution < 1.29 is 46.9 Å². The summed E-state index contributed by atoms with van der Waals surface area (Å²) in [6, 6.07) is 2.53. The molecule has 0 aliphatic heterocycles. The lowest BCUT2D eigenvalue weighted by Gasteiger charge is -2.22. The molecule has 1 N–H and O–H groups in total. The fraction of sp³-hybridized carbons (Fsp3) is 0.579. The van der Waals surface area contributed by atoms with Gasteiger partial charge in [0.1, 0.15) is 6.61 Å². The number of carbonyl (C=O) groups is 2. The second kappa shape index (κ2) is 13.5. The van der Waals surface area contributed by atoms with Gasteiger partial charge in [0.15, 0.2) is 16.6 Å². The van der Waals surface area contributed by atoms with Gasteiger partial charge in [-0.15, -0.1) is 0 Å². The third-order valence-corrected chi connectivity index (χ3v) is 6.96. The minimum Gasteiger partial charge on any atom is -0.493 e. The summed E-state index contributed by atoms with van der Waals surface area (Å²) in [6.45, 7) is 2.74. The number of nitro benzene ring substituents is 1. The van der Waals surface area contributed by atoms with Crippen molar-refractivity contribution in [1.29, 1.82) is 0 Å². The molecule has 0 spiro atoms. The van der Waals surface area contributed by atoms with Gasteiger partial charge in [0.2, 0.25) is 0 Å². The number of carbonyl (C=O) groups excluding carboxylic acids is 2. The van der Waals surface area contributed by atoms with Gasteiger partial charge in [0.25, 0.3) is 5.69 Å². The summed E-state index contributed by atoms with van der Waals surface area (Å²) in [5, 5.41) is 13.6. The molecule has 1 aromatic rings. The quantitative estimate of drug-likeness (QED) is 0.163. The van der Waals surface area contributed by atoms with Crippen LogP contribution < -0.4 is 14.8 Å². The maximum absolute atomic E-state index is 12.5. The first-order chi connectivity index (χ1) is 15.9. The van der Waals surface area contributed by atoms with Crippen molar-refractivity contribution in [3.63, 3.8) is 0 Å². The van der Waals surface area contributed by atoms with Crippen LogP contribution in [0.1, 0.15) is 19.4 Å². The molecule has 0 aromatic heterocycles. The summed E-state index contributed by atoms with van der Waals surface area (Å²) in [7, 11) is 1.46. The average molecular weight is 524 g/mol. The van der Waals surface area contributed by atoms with E-state index >= 15 is 0 Å². The van der Waals surface area contributed by atoms with Crippen LogP contribution in [0.5, 0.6) is 11.5 Å². The third kappa shape index (κ3) is 8.76. The summed E-state index contributed by atoms with van der Waals surface area (Å²) < 4.78 is 41.3. The van der Waals surface area contributed by atoms with Crippen LogP contribution in [0.3, 0.4) is 0 Å². The number of methoxy groups -OCH3 is 2. The zero-order chi connectivity index (χ0) is 25.9. The lowest BCUT2D eigenvalue weighted by Crippen LogP contribution is -2.38. The smallest absolute Gasteiger partial charge is 0.474 e. The Balaban J connectivity index is 2.61. The van der Waals surface area contributed by atoms with Gasteiger partial charge in [0, 0.05) is 26.5 Å². The Morgan fingerprint density at radius 1 is 1.12 bits per heavy atom. The molecule has 13 nitrogen and oxygen atoms in total.